The molecule has 7 heteroatoms. The van der Waals surface area contributed by atoms with Crippen molar-refractivity contribution in [3.63, 3.8) is 0 Å². The van der Waals surface area contributed by atoms with Crippen LogP contribution in [0.3, 0.4) is 0 Å². The molecule has 0 spiro atoms. The van der Waals surface area contributed by atoms with Crippen LogP contribution in [-0.2, 0) is 14.2 Å². The number of ether oxygens (including phenoxy) is 3. The summed E-state index contributed by atoms with van der Waals surface area (Å²) in [5.41, 5.74) is -0.364. The van der Waals surface area contributed by atoms with Crippen molar-refractivity contribution in [2.45, 2.75) is 0 Å². The third-order valence-corrected chi connectivity index (χ3v) is 3.20. The molecule has 7 nitrogen and oxygen atoms in total. The number of carbonyl (C=O) groups excluding carboxylic acids is 3. The molecule has 0 bridgehead atoms. The zero-order valence-electron chi connectivity index (χ0n) is 13.2. The molecule has 1 aromatic carbocycles. The molecule has 0 saturated heterocycles. The van der Waals surface area contributed by atoms with Gasteiger partial charge in [-0.15, -0.1) is 0 Å². The fraction of sp³-hybridized carbons (Fsp3) is 0.176. The maximum absolute atomic E-state index is 12.5. The number of pyridine rings is 1. The smallest absolute Gasteiger partial charge is 0.357 e. The van der Waals surface area contributed by atoms with E-state index in [0.717, 1.165) is 14.2 Å². The summed E-state index contributed by atoms with van der Waals surface area (Å²) in [6.07, 6.45) is 1.39. The van der Waals surface area contributed by atoms with E-state index in [1.54, 1.807) is 24.3 Å². The molecule has 124 valence electrons. The monoisotopic (exact) mass is 329 g/mol. The van der Waals surface area contributed by atoms with Crippen LogP contribution in [0.4, 0.5) is 0 Å². The number of para-hydroxylation sites is 1. The molecule has 0 saturated carbocycles. The van der Waals surface area contributed by atoms with E-state index in [0.29, 0.717) is 10.9 Å². The van der Waals surface area contributed by atoms with Gasteiger partial charge in [-0.2, -0.15) is 0 Å². The summed E-state index contributed by atoms with van der Waals surface area (Å²) >= 11 is 0. The highest BCUT2D eigenvalue weighted by molar-refractivity contribution is 6.16. The van der Waals surface area contributed by atoms with Gasteiger partial charge in [-0.05, 0) is 6.07 Å². The third-order valence-electron chi connectivity index (χ3n) is 3.20. The Morgan fingerprint density at radius 3 is 2.33 bits per heavy atom. The highest BCUT2D eigenvalue weighted by Gasteiger charge is 2.30. The summed E-state index contributed by atoms with van der Waals surface area (Å²) in [7, 11) is 2.29. The van der Waals surface area contributed by atoms with Crippen LogP contribution in [0.2, 0.25) is 0 Å². The Balaban J connectivity index is 2.86. The van der Waals surface area contributed by atoms with E-state index in [9.17, 15) is 14.4 Å². The number of hydrogen-bond donors (Lipinski definition) is 0. The summed E-state index contributed by atoms with van der Waals surface area (Å²) in [6.45, 7) is 3.41. The van der Waals surface area contributed by atoms with Gasteiger partial charge in [0.25, 0.3) is 0 Å². The molecule has 0 aliphatic rings. The number of benzene rings is 1. The van der Waals surface area contributed by atoms with E-state index >= 15 is 0 Å². The van der Waals surface area contributed by atoms with Crippen LogP contribution < -0.4 is 0 Å². The summed E-state index contributed by atoms with van der Waals surface area (Å²) in [6, 6.07) is 6.56. The largest absolute Gasteiger partial charge is 0.465 e. The van der Waals surface area contributed by atoms with Crippen molar-refractivity contribution in [1.29, 1.82) is 0 Å². The molecule has 0 atom stereocenters. The molecule has 24 heavy (non-hydrogen) atoms. The Morgan fingerprint density at radius 2 is 1.71 bits per heavy atom. The zero-order chi connectivity index (χ0) is 17.7. The fourth-order valence-corrected chi connectivity index (χ4v) is 2.18. The second-order valence-corrected chi connectivity index (χ2v) is 4.60. The first-order chi connectivity index (χ1) is 11.5. The Morgan fingerprint density at radius 1 is 1.04 bits per heavy atom. The van der Waals surface area contributed by atoms with Gasteiger partial charge in [-0.3, -0.25) is 0 Å². The summed E-state index contributed by atoms with van der Waals surface area (Å²) in [5.74, 6) is -2.54. The van der Waals surface area contributed by atoms with Crippen LogP contribution in [0, 0.1) is 0 Å². The summed E-state index contributed by atoms with van der Waals surface area (Å²) in [5, 5.41) is 0.361. The van der Waals surface area contributed by atoms with Crippen molar-refractivity contribution in [3.05, 3.63) is 53.7 Å². The highest BCUT2D eigenvalue weighted by atomic mass is 16.5. The van der Waals surface area contributed by atoms with Gasteiger partial charge in [0.2, 0.25) is 0 Å². The van der Waals surface area contributed by atoms with Crippen molar-refractivity contribution in [3.8, 4) is 0 Å². The fourth-order valence-electron chi connectivity index (χ4n) is 2.18. The second kappa shape index (κ2) is 7.36. The van der Waals surface area contributed by atoms with Crippen LogP contribution in [0.25, 0.3) is 10.9 Å². The number of esters is 3. The van der Waals surface area contributed by atoms with E-state index in [-0.39, 0.29) is 23.4 Å². The minimum Gasteiger partial charge on any atom is -0.465 e. The average molecular weight is 329 g/mol. The number of aromatic nitrogens is 1. The van der Waals surface area contributed by atoms with Gasteiger partial charge in [0.1, 0.15) is 12.2 Å². The van der Waals surface area contributed by atoms with E-state index in [1.807, 2.05) is 0 Å². The van der Waals surface area contributed by atoms with Crippen LogP contribution >= 0.6 is 0 Å². The average Bonchev–Trinajstić information content (AvgIpc) is 2.63. The number of hydrogen-bond acceptors (Lipinski definition) is 7. The highest BCUT2D eigenvalue weighted by Crippen LogP contribution is 2.26. The lowest BCUT2D eigenvalue weighted by Gasteiger charge is -2.13. The lowest BCUT2D eigenvalue weighted by Crippen LogP contribution is -2.20. The van der Waals surface area contributed by atoms with Gasteiger partial charge >= 0.3 is 17.9 Å². The SMILES string of the molecule is C=CCOC(=O)c1c(C(=O)OC)c(C(=O)OC)nc2ccccc12. The molecule has 0 radical (unpaired) electrons. The van der Waals surface area contributed by atoms with Gasteiger partial charge in [-0.1, -0.05) is 30.9 Å². The standard InChI is InChI=1S/C17H15NO6/c1-4-9-24-16(20)12-10-7-5-6-8-11(10)18-14(17(21)23-3)13(12)15(19)22-2/h4-8H,1,9H2,2-3H3. The molecular formula is C17H15NO6. The van der Waals surface area contributed by atoms with Crippen molar-refractivity contribution in [2.24, 2.45) is 0 Å². The van der Waals surface area contributed by atoms with Crippen molar-refractivity contribution in [2.75, 3.05) is 20.8 Å². The molecule has 0 N–H and O–H groups in total. The van der Waals surface area contributed by atoms with Crippen molar-refractivity contribution < 1.29 is 28.6 Å². The van der Waals surface area contributed by atoms with Gasteiger partial charge < -0.3 is 14.2 Å². The summed E-state index contributed by atoms with van der Waals surface area (Å²) in [4.78, 5) is 40.8. The summed E-state index contributed by atoms with van der Waals surface area (Å²) < 4.78 is 14.4. The van der Waals surface area contributed by atoms with Crippen molar-refractivity contribution in [1.82, 2.24) is 4.98 Å². The normalized spacial score (nSPS) is 10.1. The molecule has 1 heterocycles. The Bertz CT molecular complexity index is 827. The van der Waals surface area contributed by atoms with Crippen LogP contribution in [0.5, 0.6) is 0 Å². The Kier molecular flexibility index (Phi) is 5.26. The molecular weight excluding hydrogens is 314 g/mol. The minimum atomic E-state index is -0.890. The molecule has 0 unspecified atom stereocenters. The number of fused-ring (bicyclic) bond motifs is 1. The zero-order valence-corrected chi connectivity index (χ0v) is 13.2. The van der Waals surface area contributed by atoms with Gasteiger partial charge in [-0.25, -0.2) is 19.4 Å². The van der Waals surface area contributed by atoms with Crippen LogP contribution in [-0.4, -0.2) is 43.7 Å². The molecule has 0 aliphatic carbocycles. The topological polar surface area (TPSA) is 91.8 Å². The first-order valence-corrected chi connectivity index (χ1v) is 6.92. The van der Waals surface area contributed by atoms with E-state index < -0.39 is 17.9 Å². The quantitative estimate of drug-likeness (QED) is 0.471. The number of nitrogens with zero attached hydrogens (tertiary/aromatic N) is 1. The molecule has 2 rings (SSSR count). The lowest BCUT2D eigenvalue weighted by molar-refractivity contribution is 0.0514. The van der Waals surface area contributed by atoms with E-state index in [1.165, 1.54) is 6.08 Å². The minimum absolute atomic E-state index is 0.0519. The molecule has 0 fully saturated rings. The molecule has 2 aromatic rings. The first kappa shape index (κ1) is 17.1. The van der Waals surface area contributed by atoms with Gasteiger partial charge in [0.05, 0.1) is 25.3 Å². The lowest BCUT2D eigenvalue weighted by atomic mass is 10.00. The Labute approximate surface area is 137 Å². The van der Waals surface area contributed by atoms with Gasteiger partial charge in [0, 0.05) is 5.39 Å². The molecule has 1 aromatic heterocycles. The van der Waals surface area contributed by atoms with Crippen LogP contribution in [0.15, 0.2) is 36.9 Å². The third kappa shape index (κ3) is 3.10. The number of rotatable bonds is 5. The predicted molar refractivity (Wildman–Crippen MR) is 84.9 cm³/mol. The first-order valence-electron chi connectivity index (χ1n) is 6.92. The number of methoxy groups -OCH3 is 2. The maximum atomic E-state index is 12.5. The molecule has 0 aliphatic heterocycles. The van der Waals surface area contributed by atoms with Gasteiger partial charge in [0.15, 0.2) is 5.69 Å². The second-order valence-electron chi connectivity index (χ2n) is 4.60. The van der Waals surface area contributed by atoms with Crippen molar-refractivity contribution >= 4 is 28.8 Å². The van der Waals surface area contributed by atoms with Crippen LogP contribution in [0.1, 0.15) is 31.2 Å². The Hall–Kier alpha value is -3.22. The predicted octanol–water partition coefficient (Wildman–Crippen LogP) is 2.15. The van der Waals surface area contributed by atoms with E-state index in [4.69, 9.17) is 9.47 Å². The number of carbonyl (C=O) groups is 3. The maximum Gasteiger partial charge on any atom is 0.357 e. The van der Waals surface area contributed by atoms with E-state index in [2.05, 4.69) is 16.3 Å². The molecule has 0 amide bonds.